The Balaban J connectivity index is 0.000000174. The summed E-state index contributed by atoms with van der Waals surface area (Å²) in [6.07, 6.45) is 3.91. The van der Waals surface area contributed by atoms with Crippen molar-refractivity contribution in [1.29, 1.82) is 0 Å². The number of benzene rings is 2. The van der Waals surface area contributed by atoms with Gasteiger partial charge in [-0.1, -0.05) is 35.6 Å². The molecule has 210 valence electrons. The van der Waals surface area contributed by atoms with Gasteiger partial charge in [-0.3, -0.25) is 0 Å². The Hall–Kier alpha value is -3.96. The van der Waals surface area contributed by atoms with Crippen molar-refractivity contribution < 1.29 is 29.1 Å². The van der Waals surface area contributed by atoms with E-state index < -0.39 is 0 Å². The van der Waals surface area contributed by atoms with Gasteiger partial charge in [0.1, 0.15) is 0 Å². The molecule has 0 spiro atoms. The second-order valence-electron chi connectivity index (χ2n) is 10.6. The molecule has 42 heavy (non-hydrogen) atoms. The summed E-state index contributed by atoms with van der Waals surface area (Å²) in [6, 6.07) is 21.9. The first kappa shape index (κ1) is 29.5. The molecule has 0 saturated heterocycles. The summed E-state index contributed by atoms with van der Waals surface area (Å²) < 4.78 is 9.25. The number of aryl methyl sites for hydroxylation is 5. The fourth-order valence-electron chi connectivity index (χ4n) is 5.23. The van der Waals surface area contributed by atoms with Crippen molar-refractivity contribution in [3.63, 3.8) is 0 Å². The summed E-state index contributed by atoms with van der Waals surface area (Å²) in [5, 5.41) is 5.42. The number of pyridine rings is 3. The van der Waals surface area contributed by atoms with Gasteiger partial charge in [0.15, 0.2) is 0 Å². The van der Waals surface area contributed by atoms with Gasteiger partial charge in [-0.15, -0.1) is 46.7 Å². The minimum absolute atomic E-state index is 0. The molecule has 0 saturated carbocycles. The van der Waals surface area contributed by atoms with Crippen molar-refractivity contribution in [1.82, 2.24) is 9.97 Å². The molecule has 0 atom stereocenters. The first-order valence-corrected chi connectivity index (χ1v) is 14.4. The number of hydrogen-bond acceptors (Lipinski definition) is 4. The van der Waals surface area contributed by atoms with E-state index in [2.05, 4.69) is 106 Å². The largest absolute Gasteiger partial charge is 3.00 e. The Morgan fingerprint density at radius 3 is 2.50 bits per heavy atom. The normalized spacial score (nSPS) is 11.0. The number of rotatable bonds is 2. The van der Waals surface area contributed by atoms with Crippen molar-refractivity contribution >= 4 is 43.5 Å². The fraction of sp³-hybridized carbons (Fsp3) is 0.139. The van der Waals surface area contributed by atoms with Crippen LogP contribution in [0.3, 0.4) is 0 Å². The molecular formula is C36H31IrN3OS+. The average Bonchev–Trinajstić information content (AvgIpc) is 3.51. The molecule has 0 aliphatic carbocycles. The molecule has 0 unspecified atom stereocenters. The Morgan fingerprint density at radius 1 is 0.905 bits per heavy atom. The third-order valence-corrected chi connectivity index (χ3v) is 8.58. The van der Waals surface area contributed by atoms with E-state index in [1.165, 1.54) is 32.3 Å². The number of furan rings is 1. The van der Waals surface area contributed by atoms with Crippen LogP contribution in [0.1, 0.15) is 33.5 Å². The third kappa shape index (κ3) is 5.34. The van der Waals surface area contributed by atoms with Crippen LogP contribution in [-0.4, -0.2) is 9.97 Å². The minimum Gasteiger partial charge on any atom is -0.486 e. The van der Waals surface area contributed by atoms with E-state index >= 15 is 0 Å². The average molecular weight is 746 g/mol. The molecule has 2 aromatic carbocycles. The van der Waals surface area contributed by atoms with Crippen molar-refractivity contribution in [2.75, 3.05) is 0 Å². The van der Waals surface area contributed by atoms with E-state index in [1.54, 1.807) is 11.3 Å². The number of fused-ring (bicyclic) bond motifs is 4. The van der Waals surface area contributed by atoms with E-state index in [-0.39, 0.29) is 20.1 Å². The van der Waals surface area contributed by atoms with Crippen LogP contribution in [0.25, 0.3) is 54.7 Å². The molecule has 0 bridgehead atoms. The Kier molecular flexibility index (Phi) is 8.25. The molecule has 0 amide bonds. The van der Waals surface area contributed by atoms with Crippen molar-refractivity contribution in [3.8, 4) is 22.5 Å². The molecule has 4 nitrogen and oxygen atoms in total. The molecule has 5 aromatic heterocycles. The number of hydrogen-bond donors (Lipinski definition) is 0. The van der Waals surface area contributed by atoms with Gasteiger partial charge in [-0.25, -0.2) is 4.98 Å². The Labute approximate surface area is 264 Å². The third-order valence-electron chi connectivity index (χ3n) is 7.52. The van der Waals surface area contributed by atoms with Gasteiger partial charge in [0, 0.05) is 34.7 Å². The summed E-state index contributed by atoms with van der Waals surface area (Å²) in [5.41, 5.74) is 12.5. The summed E-state index contributed by atoms with van der Waals surface area (Å²) in [6.45, 7) is 14.5. The predicted molar refractivity (Wildman–Crippen MR) is 170 cm³/mol. The predicted octanol–water partition coefficient (Wildman–Crippen LogP) is 9.06. The molecule has 0 fully saturated rings. The monoisotopic (exact) mass is 746 g/mol. The fourth-order valence-corrected chi connectivity index (χ4v) is 6.16. The summed E-state index contributed by atoms with van der Waals surface area (Å²) in [7, 11) is 4.05. The van der Waals surface area contributed by atoms with E-state index in [0.717, 1.165) is 50.1 Å². The van der Waals surface area contributed by atoms with Gasteiger partial charge in [0.25, 0.3) is 0 Å². The Morgan fingerprint density at radius 2 is 1.71 bits per heavy atom. The van der Waals surface area contributed by atoms with Gasteiger partial charge in [0.2, 0.25) is 5.71 Å². The zero-order valence-electron chi connectivity index (χ0n) is 24.3. The zero-order valence-corrected chi connectivity index (χ0v) is 27.5. The van der Waals surface area contributed by atoms with Gasteiger partial charge in [0.05, 0.1) is 17.5 Å². The van der Waals surface area contributed by atoms with Crippen molar-refractivity contribution in [2.24, 2.45) is 0 Å². The van der Waals surface area contributed by atoms with Gasteiger partial charge in [-0.2, -0.15) is 18.6 Å². The maximum absolute atomic E-state index is 6.11. The molecule has 7 rings (SSSR count). The number of aromatic nitrogens is 3. The topological polar surface area (TPSA) is 42.8 Å². The van der Waals surface area contributed by atoms with Gasteiger partial charge >= 0.3 is 20.1 Å². The molecule has 0 aliphatic rings. The van der Waals surface area contributed by atoms with Crippen LogP contribution in [0, 0.1) is 54.7 Å². The SMILES string of the molecule is Cc1ccc2c(n1)oc1c(-c3nccc4scc(C)c34)[c-]ccc12.[CH2-]c1cc(C)ccc1-c1cc(C)c(C)c[n+]1[CH2-].[Ir+3]. The van der Waals surface area contributed by atoms with Crippen LogP contribution >= 0.6 is 11.3 Å². The van der Waals surface area contributed by atoms with Crippen LogP contribution < -0.4 is 4.57 Å². The maximum atomic E-state index is 6.11. The van der Waals surface area contributed by atoms with E-state index in [9.17, 15) is 0 Å². The number of thiophene rings is 1. The van der Waals surface area contributed by atoms with Crippen LogP contribution in [0.5, 0.6) is 0 Å². The quantitative estimate of drug-likeness (QED) is 0.131. The van der Waals surface area contributed by atoms with Crippen LogP contribution in [0.15, 0.2) is 76.8 Å². The van der Waals surface area contributed by atoms with Gasteiger partial charge in [-0.05, 0) is 67.8 Å². The molecule has 0 N–H and O–H groups in total. The molecular weight excluding hydrogens is 715 g/mol. The molecule has 7 aromatic rings. The van der Waals surface area contributed by atoms with E-state index in [4.69, 9.17) is 4.42 Å². The van der Waals surface area contributed by atoms with Crippen molar-refractivity contribution in [3.05, 3.63) is 126 Å². The maximum Gasteiger partial charge on any atom is 3.00 e. The van der Waals surface area contributed by atoms with Crippen molar-refractivity contribution in [2.45, 2.75) is 34.6 Å². The number of nitrogens with zero attached hydrogens (tertiary/aromatic N) is 3. The molecule has 0 radical (unpaired) electrons. The molecule has 0 aliphatic heterocycles. The Bertz CT molecular complexity index is 2090. The van der Waals surface area contributed by atoms with Gasteiger partial charge < -0.3 is 14.0 Å². The van der Waals surface area contributed by atoms with Crippen LogP contribution in [0.4, 0.5) is 0 Å². The first-order chi connectivity index (χ1) is 19.7. The summed E-state index contributed by atoms with van der Waals surface area (Å²) in [4.78, 5) is 9.16. The second-order valence-corrected chi connectivity index (χ2v) is 11.5. The molecule has 5 heterocycles. The second kappa shape index (κ2) is 11.7. The smallest absolute Gasteiger partial charge is 0.486 e. The minimum atomic E-state index is 0. The standard InChI is InChI=1S/C20H13N2OS.C16H18N.Ir/c1-11-10-24-16-8-9-21-18(17(11)16)15-5-3-4-13-14-7-6-12(2)22-20(14)23-19(13)15;1-11-6-7-15(13(3)8-11)16-9-12(2)14(4)10-17(16)5;/h3-4,6-10H,1-2H3;6-10H,3,5H2,1-2,4H3;/q2*-1;+3. The molecule has 6 heteroatoms. The zero-order chi connectivity index (χ0) is 28.8. The van der Waals surface area contributed by atoms with E-state index in [1.807, 2.05) is 35.9 Å². The van der Waals surface area contributed by atoms with Crippen LogP contribution in [0.2, 0.25) is 0 Å². The first-order valence-electron chi connectivity index (χ1n) is 13.5. The summed E-state index contributed by atoms with van der Waals surface area (Å²) >= 11 is 1.74. The summed E-state index contributed by atoms with van der Waals surface area (Å²) in [5.74, 6) is 0. The van der Waals surface area contributed by atoms with E-state index in [0.29, 0.717) is 5.71 Å². The van der Waals surface area contributed by atoms with Crippen LogP contribution in [-0.2, 0) is 20.1 Å².